The topological polar surface area (TPSA) is 30.3 Å². The minimum absolute atomic E-state index is 0.625. The van der Waals surface area contributed by atoms with Crippen LogP contribution in [0.15, 0.2) is 12.4 Å². The number of hydrogen-bond acceptors (Lipinski definition) is 3. The van der Waals surface area contributed by atoms with E-state index in [1.807, 2.05) is 6.20 Å². The highest BCUT2D eigenvalue weighted by Crippen LogP contribution is 2.33. The van der Waals surface area contributed by atoms with Crippen LogP contribution in [0, 0.1) is 5.92 Å². The van der Waals surface area contributed by atoms with Crippen molar-refractivity contribution < 1.29 is 4.74 Å². The summed E-state index contributed by atoms with van der Waals surface area (Å²) in [7, 11) is 1.79. The SMILES string of the molecule is COCCCN1CCC[C@H](c2nccn2CC2CC2)C1. The Kier molecular flexibility index (Phi) is 4.73. The molecule has 1 aromatic rings. The van der Waals surface area contributed by atoms with E-state index < -0.39 is 0 Å². The molecule has 1 aliphatic carbocycles. The van der Waals surface area contributed by atoms with Gasteiger partial charge in [-0.1, -0.05) is 0 Å². The molecule has 1 saturated carbocycles. The lowest BCUT2D eigenvalue weighted by Gasteiger charge is -2.32. The standard InChI is InChI=1S/C16H27N3O/c1-20-11-3-9-18-8-2-4-15(13-18)16-17-7-10-19(16)12-14-5-6-14/h7,10,14-15H,2-6,8-9,11-13H2,1H3/t15-/m0/s1. The number of piperidine rings is 1. The number of nitrogens with zero attached hydrogens (tertiary/aromatic N) is 3. The van der Waals surface area contributed by atoms with Crippen molar-refractivity contribution in [3.05, 3.63) is 18.2 Å². The van der Waals surface area contributed by atoms with Gasteiger partial charge in [-0.3, -0.25) is 0 Å². The van der Waals surface area contributed by atoms with Crippen LogP contribution in [-0.2, 0) is 11.3 Å². The summed E-state index contributed by atoms with van der Waals surface area (Å²) in [4.78, 5) is 7.25. The Labute approximate surface area is 122 Å². The molecule has 0 N–H and O–H groups in total. The number of likely N-dealkylation sites (tertiary alicyclic amines) is 1. The Balaban J connectivity index is 1.56. The van der Waals surface area contributed by atoms with Crippen LogP contribution < -0.4 is 0 Å². The van der Waals surface area contributed by atoms with E-state index in [-0.39, 0.29) is 0 Å². The Bertz CT molecular complexity index is 414. The maximum absolute atomic E-state index is 5.16. The molecule has 4 heteroatoms. The summed E-state index contributed by atoms with van der Waals surface area (Å²) in [6, 6.07) is 0. The van der Waals surface area contributed by atoms with Gasteiger partial charge in [0.25, 0.3) is 0 Å². The summed E-state index contributed by atoms with van der Waals surface area (Å²) in [5, 5.41) is 0. The van der Waals surface area contributed by atoms with Crippen molar-refractivity contribution in [1.29, 1.82) is 0 Å². The lowest BCUT2D eigenvalue weighted by atomic mass is 9.97. The third-order valence-corrected chi connectivity index (χ3v) is 4.59. The first-order chi connectivity index (χ1) is 9.86. The molecule has 2 heterocycles. The molecular formula is C16H27N3O. The van der Waals surface area contributed by atoms with Gasteiger partial charge >= 0.3 is 0 Å². The number of hydrogen-bond donors (Lipinski definition) is 0. The third-order valence-electron chi connectivity index (χ3n) is 4.59. The molecule has 0 spiro atoms. The molecule has 20 heavy (non-hydrogen) atoms. The van der Waals surface area contributed by atoms with Crippen molar-refractivity contribution in [2.24, 2.45) is 5.92 Å². The largest absolute Gasteiger partial charge is 0.385 e. The molecule has 112 valence electrons. The summed E-state index contributed by atoms with van der Waals surface area (Å²) in [5.74, 6) is 2.87. The van der Waals surface area contributed by atoms with Crippen LogP contribution in [0.4, 0.5) is 0 Å². The van der Waals surface area contributed by atoms with Crippen molar-refractivity contribution in [2.75, 3.05) is 33.4 Å². The van der Waals surface area contributed by atoms with Gasteiger partial charge in [0, 0.05) is 51.7 Å². The van der Waals surface area contributed by atoms with Crippen LogP contribution >= 0.6 is 0 Å². The number of rotatable bonds is 7. The van der Waals surface area contributed by atoms with E-state index in [1.165, 1.54) is 51.1 Å². The van der Waals surface area contributed by atoms with Crippen molar-refractivity contribution in [3.8, 4) is 0 Å². The summed E-state index contributed by atoms with van der Waals surface area (Å²) in [6.07, 6.45) is 10.7. The van der Waals surface area contributed by atoms with Crippen LogP contribution in [-0.4, -0.2) is 47.8 Å². The molecule has 2 aliphatic rings. The highest BCUT2D eigenvalue weighted by molar-refractivity contribution is 5.04. The third kappa shape index (κ3) is 3.61. The maximum Gasteiger partial charge on any atom is 0.113 e. The smallest absolute Gasteiger partial charge is 0.113 e. The van der Waals surface area contributed by atoms with E-state index in [2.05, 4.69) is 20.6 Å². The molecule has 0 unspecified atom stereocenters. The van der Waals surface area contributed by atoms with Crippen molar-refractivity contribution in [1.82, 2.24) is 14.5 Å². The predicted octanol–water partition coefficient (Wildman–Crippen LogP) is 2.51. The Morgan fingerprint density at radius 1 is 1.35 bits per heavy atom. The quantitative estimate of drug-likeness (QED) is 0.717. The summed E-state index contributed by atoms with van der Waals surface area (Å²) >= 11 is 0. The first-order valence-corrected chi connectivity index (χ1v) is 8.09. The molecule has 1 saturated heterocycles. The molecule has 0 aromatic carbocycles. The van der Waals surface area contributed by atoms with E-state index in [0.717, 1.165) is 25.5 Å². The lowest BCUT2D eigenvalue weighted by Crippen LogP contribution is -2.36. The molecule has 1 atom stereocenters. The molecule has 2 fully saturated rings. The number of methoxy groups -OCH3 is 1. The fraction of sp³-hybridized carbons (Fsp3) is 0.812. The predicted molar refractivity (Wildman–Crippen MR) is 79.9 cm³/mol. The van der Waals surface area contributed by atoms with E-state index >= 15 is 0 Å². The average Bonchev–Trinajstić information content (AvgIpc) is 3.15. The van der Waals surface area contributed by atoms with Gasteiger partial charge in [-0.25, -0.2) is 4.98 Å². The lowest BCUT2D eigenvalue weighted by molar-refractivity contribution is 0.153. The van der Waals surface area contributed by atoms with Gasteiger partial charge in [0.1, 0.15) is 5.82 Å². The zero-order chi connectivity index (χ0) is 13.8. The van der Waals surface area contributed by atoms with Gasteiger partial charge in [0.05, 0.1) is 0 Å². The van der Waals surface area contributed by atoms with Gasteiger partial charge in [-0.15, -0.1) is 0 Å². The zero-order valence-corrected chi connectivity index (χ0v) is 12.6. The van der Waals surface area contributed by atoms with Crippen LogP contribution in [0.1, 0.15) is 43.8 Å². The molecule has 1 aliphatic heterocycles. The summed E-state index contributed by atoms with van der Waals surface area (Å²) < 4.78 is 7.58. The van der Waals surface area contributed by atoms with Crippen molar-refractivity contribution in [3.63, 3.8) is 0 Å². The summed E-state index contributed by atoms with van der Waals surface area (Å²) in [5.41, 5.74) is 0. The van der Waals surface area contributed by atoms with E-state index in [4.69, 9.17) is 4.74 Å². The van der Waals surface area contributed by atoms with Gasteiger partial charge in [0.2, 0.25) is 0 Å². The maximum atomic E-state index is 5.16. The fourth-order valence-electron chi connectivity index (χ4n) is 3.32. The highest BCUT2D eigenvalue weighted by Gasteiger charge is 2.27. The Hall–Kier alpha value is -0.870. The van der Waals surface area contributed by atoms with Gasteiger partial charge in [-0.2, -0.15) is 0 Å². The minimum Gasteiger partial charge on any atom is -0.385 e. The van der Waals surface area contributed by atoms with E-state index in [0.29, 0.717) is 5.92 Å². The molecular weight excluding hydrogens is 250 g/mol. The number of imidazole rings is 1. The number of ether oxygens (including phenoxy) is 1. The fourth-order valence-corrected chi connectivity index (χ4v) is 3.32. The van der Waals surface area contributed by atoms with Gasteiger partial charge in [0.15, 0.2) is 0 Å². The van der Waals surface area contributed by atoms with Crippen LogP contribution in [0.2, 0.25) is 0 Å². The van der Waals surface area contributed by atoms with Crippen LogP contribution in [0.5, 0.6) is 0 Å². The highest BCUT2D eigenvalue weighted by atomic mass is 16.5. The van der Waals surface area contributed by atoms with E-state index in [9.17, 15) is 0 Å². The second-order valence-corrected chi connectivity index (χ2v) is 6.37. The average molecular weight is 277 g/mol. The monoisotopic (exact) mass is 277 g/mol. The van der Waals surface area contributed by atoms with E-state index in [1.54, 1.807) is 7.11 Å². The van der Waals surface area contributed by atoms with Crippen molar-refractivity contribution >= 4 is 0 Å². The number of aromatic nitrogens is 2. The molecule has 0 radical (unpaired) electrons. The Morgan fingerprint density at radius 2 is 2.25 bits per heavy atom. The van der Waals surface area contributed by atoms with Crippen molar-refractivity contribution in [2.45, 2.75) is 44.6 Å². The van der Waals surface area contributed by atoms with Gasteiger partial charge < -0.3 is 14.2 Å². The normalized spacial score (nSPS) is 24.1. The molecule has 4 nitrogen and oxygen atoms in total. The molecule has 3 rings (SSSR count). The zero-order valence-electron chi connectivity index (χ0n) is 12.6. The van der Waals surface area contributed by atoms with Crippen LogP contribution in [0.3, 0.4) is 0 Å². The van der Waals surface area contributed by atoms with Gasteiger partial charge in [-0.05, 0) is 44.6 Å². The second-order valence-electron chi connectivity index (χ2n) is 6.37. The van der Waals surface area contributed by atoms with Crippen LogP contribution in [0.25, 0.3) is 0 Å². The Morgan fingerprint density at radius 3 is 3.05 bits per heavy atom. The molecule has 0 amide bonds. The first-order valence-electron chi connectivity index (χ1n) is 8.09. The summed E-state index contributed by atoms with van der Waals surface area (Å²) in [6.45, 7) is 5.63. The first kappa shape index (κ1) is 14.1. The minimum atomic E-state index is 0.625. The molecule has 1 aromatic heterocycles. The molecule has 0 bridgehead atoms. The second kappa shape index (κ2) is 6.72.